The minimum atomic E-state index is -0.575. The second-order valence-electron chi connectivity index (χ2n) is 9.05. The van der Waals surface area contributed by atoms with E-state index in [1.54, 1.807) is 4.90 Å². The topological polar surface area (TPSA) is 76.2 Å². The highest BCUT2D eigenvalue weighted by molar-refractivity contribution is 5.93. The van der Waals surface area contributed by atoms with E-state index in [0.29, 0.717) is 19.4 Å². The average Bonchev–Trinajstić information content (AvgIpc) is 3.06. The van der Waals surface area contributed by atoms with E-state index in [0.717, 1.165) is 24.8 Å². The van der Waals surface area contributed by atoms with Crippen molar-refractivity contribution in [3.63, 3.8) is 0 Å². The van der Waals surface area contributed by atoms with Crippen LogP contribution in [0.2, 0.25) is 0 Å². The molecule has 1 aromatic rings. The van der Waals surface area contributed by atoms with Crippen LogP contribution < -0.4 is 0 Å². The molecule has 3 rings (SSSR count). The van der Waals surface area contributed by atoms with E-state index in [1.165, 1.54) is 4.90 Å². The molecule has 1 aromatic carbocycles. The smallest absolute Gasteiger partial charge is 0.416 e. The maximum atomic E-state index is 12.9. The molecule has 0 N–H and O–H groups in total. The summed E-state index contributed by atoms with van der Waals surface area (Å²) >= 11 is 0. The zero-order valence-corrected chi connectivity index (χ0v) is 18.1. The van der Waals surface area contributed by atoms with Gasteiger partial charge in [-0.2, -0.15) is 0 Å². The molecule has 0 radical (unpaired) electrons. The number of carbonyl (C=O) groups excluding carboxylic acids is 3. The number of rotatable bonds is 5. The van der Waals surface area contributed by atoms with Crippen molar-refractivity contribution < 1.29 is 23.9 Å². The van der Waals surface area contributed by atoms with Crippen LogP contribution in [0, 0.1) is 0 Å². The van der Waals surface area contributed by atoms with Gasteiger partial charge in [0, 0.05) is 19.0 Å². The van der Waals surface area contributed by atoms with Crippen LogP contribution in [0.3, 0.4) is 0 Å². The highest BCUT2D eigenvalue weighted by Crippen LogP contribution is 2.25. The Bertz CT molecular complexity index is 759. The van der Waals surface area contributed by atoms with Crippen LogP contribution >= 0.6 is 0 Å². The van der Waals surface area contributed by atoms with E-state index >= 15 is 0 Å². The van der Waals surface area contributed by atoms with Gasteiger partial charge in [0.05, 0.1) is 6.04 Å². The summed E-state index contributed by atoms with van der Waals surface area (Å²) in [6.45, 7) is 6.39. The number of carbonyl (C=O) groups is 3. The summed E-state index contributed by atoms with van der Waals surface area (Å²) in [7, 11) is 0. The van der Waals surface area contributed by atoms with Crippen LogP contribution in [0.1, 0.15) is 58.4 Å². The number of cyclic esters (lactones) is 1. The van der Waals surface area contributed by atoms with Crippen LogP contribution in [0.25, 0.3) is 0 Å². The SMILES string of the molecule is CC(C)(C)OC(=O)N1CCCC[C@H]1CCC(=O)N1C(=O)OC[C@H]1Cc1ccccc1. The normalized spacial score (nSPS) is 22.0. The summed E-state index contributed by atoms with van der Waals surface area (Å²) in [5.41, 5.74) is 0.501. The van der Waals surface area contributed by atoms with E-state index in [1.807, 2.05) is 51.1 Å². The van der Waals surface area contributed by atoms with E-state index in [2.05, 4.69) is 0 Å². The minimum Gasteiger partial charge on any atom is -0.447 e. The number of likely N-dealkylation sites (tertiary alicyclic amines) is 1. The van der Waals surface area contributed by atoms with Gasteiger partial charge in [-0.05, 0) is 58.4 Å². The molecule has 0 saturated carbocycles. The van der Waals surface area contributed by atoms with Gasteiger partial charge in [-0.25, -0.2) is 14.5 Å². The Morgan fingerprint density at radius 3 is 2.57 bits per heavy atom. The second-order valence-corrected chi connectivity index (χ2v) is 9.05. The fourth-order valence-corrected chi connectivity index (χ4v) is 4.07. The predicted octanol–water partition coefficient (Wildman–Crippen LogP) is 4.15. The predicted molar refractivity (Wildman–Crippen MR) is 112 cm³/mol. The molecule has 7 nitrogen and oxygen atoms in total. The number of piperidine rings is 1. The van der Waals surface area contributed by atoms with Crippen molar-refractivity contribution in [2.45, 2.75) is 77.0 Å². The Morgan fingerprint density at radius 2 is 1.87 bits per heavy atom. The lowest BCUT2D eigenvalue weighted by atomic mass is 9.97. The highest BCUT2D eigenvalue weighted by Gasteiger charge is 2.38. The number of amides is 3. The van der Waals surface area contributed by atoms with Crippen molar-refractivity contribution in [3.8, 4) is 0 Å². The third-order valence-corrected chi connectivity index (χ3v) is 5.49. The Balaban J connectivity index is 1.59. The van der Waals surface area contributed by atoms with Crippen molar-refractivity contribution in [2.75, 3.05) is 13.2 Å². The standard InChI is InChI=1S/C23H32N2O5/c1-23(2,3)30-21(27)24-14-8-7-11-18(24)12-13-20(26)25-19(16-29-22(25)28)15-17-9-5-4-6-10-17/h4-6,9-10,18-19H,7-8,11-16H2,1-3H3/t18-,19+/m0/s1. The first-order valence-corrected chi connectivity index (χ1v) is 10.8. The highest BCUT2D eigenvalue weighted by atomic mass is 16.6. The van der Waals surface area contributed by atoms with Gasteiger partial charge < -0.3 is 14.4 Å². The molecule has 0 aromatic heterocycles. The molecule has 2 aliphatic heterocycles. The molecule has 7 heteroatoms. The van der Waals surface area contributed by atoms with E-state index in [9.17, 15) is 14.4 Å². The fraction of sp³-hybridized carbons (Fsp3) is 0.609. The first-order valence-electron chi connectivity index (χ1n) is 10.8. The molecule has 0 aliphatic carbocycles. The summed E-state index contributed by atoms with van der Waals surface area (Å²) in [4.78, 5) is 40.7. The monoisotopic (exact) mass is 416 g/mol. The Morgan fingerprint density at radius 1 is 1.13 bits per heavy atom. The Kier molecular flexibility index (Phi) is 7.00. The Labute approximate surface area is 178 Å². The molecule has 30 heavy (non-hydrogen) atoms. The molecule has 2 heterocycles. The third-order valence-electron chi connectivity index (χ3n) is 5.49. The van der Waals surface area contributed by atoms with Gasteiger partial charge in [-0.15, -0.1) is 0 Å². The molecule has 2 saturated heterocycles. The molecule has 0 unspecified atom stereocenters. The van der Waals surface area contributed by atoms with Crippen LogP contribution in [-0.2, 0) is 20.7 Å². The molecular formula is C23H32N2O5. The molecule has 2 aliphatic rings. The number of imide groups is 1. The molecule has 2 fully saturated rings. The quantitative estimate of drug-likeness (QED) is 0.721. The first kappa shape index (κ1) is 22.1. The lowest BCUT2D eigenvalue weighted by Crippen LogP contribution is -2.47. The minimum absolute atomic E-state index is 0.0521. The molecule has 0 spiro atoms. The zero-order chi connectivity index (χ0) is 21.7. The second kappa shape index (κ2) is 9.49. The van der Waals surface area contributed by atoms with Gasteiger partial charge in [0.25, 0.3) is 0 Å². The van der Waals surface area contributed by atoms with Crippen molar-refractivity contribution >= 4 is 18.1 Å². The van der Waals surface area contributed by atoms with Crippen LogP contribution in [0.5, 0.6) is 0 Å². The number of hydrogen-bond acceptors (Lipinski definition) is 5. The summed E-state index contributed by atoms with van der Waals surface area (Å²) in [5.74, 6) is -0.242. The van der Waals surface area contributed by atoms with Crippen LogP contribution in [-0.4, -0.2) is 58.7 Å². The van der Waals surface area contributed by atoms with Gasteiger partial charge in [0.1, 0.15) is 12.2 Å². The molecular weight excluding hydrogens is 384 g/mol. The average molecular weight is 417 g/mol. The van der Waals surface area contributed by atoms with Gasteiger partial charge in [-0.1, -0.05) is 30.3 Å². The fourth-order valence-electron chi connectivity index (χ4n) is 4.07. The molecule has 3 amide bonds. The van der Waals surface area contributed by atoms with Crippen molar-refractivity contribution in [1.29, 1.82) is 0 Å². The molecule has 164 valence electrons. The summed E-state index contributed by atoms with van der Waals surface area (Å²) in [6.07, 6.45) is 3.17. The van der Waals surface area contributed by atoms with Crippen LogP contribution in [0.4, 0.5) is 9.59 Å². The number of ether oxygens (including phenoxy) is 2. The maximum absolute atomic E-state index is 12.9. The Hall–Kier alpha value is -2.57. The largest absolute Gasteiger partial charge is 0.447 e. The van der Waals surface area contributed by atoms with E-state index in [4.69, 9.17) is 9.47 Å². The lowest BCUT2D eigenvalue weighted by molar-refractivity contribution is -0.129. The van der Waals surface area contributed by atoms with E-state index < -0.39 is 11.7 Å². The summed E-state index contributed by atoms with van der Waals surface area (Å²) in [6, 6.07) is 9.42. The number of nitrogens with zero attached hydrogens (tertiary/aromatic N) is 2. The maximum Gasteiger partial charge on any atom is 0.416 e. The van der Waals surface area contributed by atoms with Crippen molar-refractivity contribution in [1.82, 2.24) is 9.80 Å². The zero-order valence-electron chi connectivity index (χ0n) is 18.1. The third kappa shape index (κ3) is 5.74. The lowest BCUT2D eigenvalue weighted by Gasteiger charge is -2.37. The summed E-state index contributed by atoms with van der Waals surface area (Å²) < 4.78 is 10.7. The van der Waals surface area contributed by atoms with Gasteiger partial charge in [0.2, 0.25) is 5.91 Å². The number of benzene rings is 1. The van der Waals surface area contributed by atoms with Gasteiger partial charge >= 0.3 is 12.2 Å². The summed E-state index contributed by atoms with van der Waals surface area (Å²) in [5, 5.41) is 0. The number of hydrogen-bond donors (Lipinski definition) is 0. The van der Waals surface area contributed by atoms with Crippen LogP contribution in [0.15, 0.2) is 30.3 Å². The first-order chi connectivity index (χ1) is 14.2. The molecule has 0 bridgehead atoms. The van der Waals surface area contributed by atoms with Crippen molar-refractivity contribution in [2.24, 2.45) is 0 Å². The van der Waals surface area contributed by atoms with E-state index in [-0.39, 0.29) is 37.1 Å². The van der Waals surface area contributed by atoms with Gasteiger partial charge in [0.15, 0.2) is 0 Å². The molecule has 2 atom stereocenters. The van der Waals surface area contributed by atoms with Crippen molar-refractivity contribution in [3.05, 3.63) is 35.9 Å². The van der Waals surface area contributed by atoms with Gasteiger partial charge in [-0.3, -0.25) is 4.79 Å².